The van der Waals surface area contributed by atoms with Gasteiger partial charge in [-0.05, 0) is 6.92 Å². The number of ether oxygens (including phenoxy) is 2. The number of pyridine rings is 1. The van der Waals surface area contributed by atoms with E-state index in [1.807, 2.05) is 0 Å². The number of halogens is 7. The quantitative estimate of drug-likeness (QED) is 0.452. The van der Waals surface area contributed by atoms with Crippen molar-refractivity contribution in [3.63, 3.8) is 0 Å². The lowest BCUT2D eigenvalue weighted by Gasteiger charge is -2.18. The van der Waals surface area contributed by atoms with Gasteiger partial charge >= 0.3 is 18.5 Å². The molecule has 130 valence electrons. The van der Waals surface area contributed by atoms with Crippen molar-refractivity contribution in [3.8, 4) is 5.75 Å². The van der Waals surface area contributed by atoms with E-state index >= 15 is 0 Å². The lowest BCUT2D eigenvalue weighted by atomic mass is 10.0. The van der Waals surface area contributed by atoms with Gasteiger partial charge in [0.15, 0.2) is 5.75 Å². The van der Waals surface area contributed by atoms with Crippen LogP contribution in [0.4, 0.5) is 26.3 Å². The summed E-state index contributed by atoms with van der Waals surface area (Å²) in [7, 11) is 0. The standard InChI is InChI=1S/C12H10ClF6NO3/c1-2-22-9(21)3-6-7(4-13)8(23-12(17,18)19)5-20-10(6)11(14,15)16/h5H,2-4H2,1H3. The third-order valence-corrected chi connectivity index (χ3v) is 2.78. The average molecular weight is 366 g/mol. The Bertz CT molecular complexity index is 573. The minimum absolute atomic E-state index is 0.109. The molecule has 0 aliphatic rings. The summed E-state index contributed by atoms with van der Waals surface area (Å²) < 4.78 is 83.9. The zero-order chi connectivity index (χ0) is 17.8. The Hall–Kier alpha value is -1.71. The highest BCUT2D eigenvalue weighted by Crippen LogP contribution is 2.37. The molecule has 0 fully saturated rings. The van der Waals surface area contributed by atoms with E-state index in [2.05, 4.69) is 14.5 Å². The molecule has 1 aromatic rings. The Morgan fingerprint density at radius 1 is 1.22 bits per heavy atom. The summed E-state index contributed by atoms with van der Waals surface area (Å²) in [6.45, 7) is 1.31. The molecule has 0 saturated heterocycles. The molecule has 23 heavy (non-hydrogen) atoms. The maximum absolute atomic E-state index is 12.9. The van der Waals surface area contributed by atoms with Crippen molar-refractivity contribution < 1.29 is 40.6 Å². The Labute approximate surface area is 131 Å². The summed E-state index contributed by atoms with van der Waals surface area (Å²) in [5.41, 5.74) is -2.96. The molecule has 0 aliphatic carbocycles. The van der Waals surface area contributed by atoms with Gasteiger partial charge in [-0.25, -0.2) is 4.98 Å². The van der Waals surface area contributed by atoms with Gasteiger partial charge in [0.05, 0.1) is 25.1 Å². The number of hydrogen-bond donors (Lipinski definition) is 0. The molecular weight excluding hydrogens is 356 g/mol. The smallest absolute Gasteiger partial charge is 0.466 e. The zero-order valence-corrected chi connectivity index (χ0v) is 12.3. The fraction of sp³-hybridized carbons (Fsp3) is 0.500. The molecule has 1 rings (SSSR count). The molecule has 0 bridgehead atoms. The van der Waals surface area contributed by atoms with Crippen LogP contribution in [-0.4, -0.2) is 23.9 Å². The molecule has 0 saturated carbocycles. The van der Waals surface area contributed by atoms with Gasteiger partial charge in [-0.3, -0.25) is 4.79 Å². The van der Waals surface area contributed by atoms with Crippen LogP contribution in [0, 0.1) is 0 Å². The van der Waals surface area contributed by atoms with Crippen molar-refractivity contribution in [3.05, 3.63) is 23.0 Å². The summed E-state index contributed by atoms with van der Waals surface area (Å²) in [5, 5.41) is 0. The minimum atomic E-state index is -5.15. The Morgan fingerprint density at radius 3 is 2.26 bits per heavy atom. The van der Waals surface area contributed by atoms with E-state index in [-0.39, 0.29) is 12.8 Å². The molecule has 1 aromatic heterocycles. The predicted molar refractivity (Wildman–Crippen MR) is 65.8 cm³/mol. The van der Waals surface area contributed by atoms with Gasteiger partial charge in [0.25, 0.3) is 0 Å². The Morgan fingerprint density at radius 2 is 1.83 bits per heavy atom. The first-order chi connectivity index (χ1) is 10.5. The number of esters is 1. The van der Waals surface area contributed by atoms with Crippen molar-refractivity contribution >= 4 is 17.6 Å². The van der Waals surface area contributed by atoms with Crippen molar-refractivity contribution in [2.24, 2.45) is 0 Å². The number of rotatable bonds is 5. The van der Waals surface area contributed by atoms with Crippen LogP contribution in [0.25, 0.3) is 0 Å². The second-order valence-electron chi connectivity index (χ2n) is 4.09. The maximum atomic E-state index is 12.9. The van der Waals surface area contributed by atoms with Gasteiger partial charge in [0, 0.05) is 11.1 Å². The minimum Gasteiger partial charge on any atom is -0.466 e. The number of nitrogens with zero attached hydrogens (tertiary/aromatic N) is 1. The second kappa shape index (κ2) is 7.24. The van der Waals surface area contributed by atoms with Crippen LogP contribution in [0.5, 0.6) is 5.75 Å². The first kappa shape index (κ1) is 19.3. The molecule has 0 unspecified atom stereocenters. The van der Waals surface area contributed by atoms with E-state index in [4.69, 9.17) is 11.6 Å². The highest BCUT2D eigenvalue weighted by molar-refractivity contribution is 6.17. The van der Waals surface area contributed by atoms with E-state index in [0.29, 0.717) is 0 Å². The zero-order valence-electron chi connectivity index (χ0n) is 11.5. The molecule has 11 heteroatoms. The molecule has 0 spiro atoms. The highest BCUT2D eigenvalue weighted by atomic mass is 35.5. The Kier molecular flexibility index (Phi) is 6.09. The van der Waals surface area contributed by atoms with Gasteiger partial charge in [-0.1, -0.05) is 0 Å². The largest absolute Gasteiger partial charge is 0.573 e. The number of hydrogen-bond acceptors (Lipinski definition) is 4. The normalized spacial score (nSPS) is 12.2. The molecule has 0 N–H and O–H groups in total. The Balaban J connectivity index is 3.43. The van der Waals surface area contributed by atoms with Crippen LogP contribution in [-0.2, 0) is 28.0 Å². The average Bonchev–Trinajstić information content (AvgIpc) is 2.35. The van der Waals surface area contributed by atoms with Gasteiger partial charge in [-0.2, -0.15) is 13.2 Å². The molecule has 1 heterocycles. The molecule has 0 atom stereocenters. The van der Waals surface area contributed by atoms with Crippen LogP contribution in [0.2, 0.25) is 0 Å². The van der Waals surface area contributed by atoms with E-state index in [1.165, 1.54) is 6.92 Å². The molecule has 0 aromatic carbocycles. The third kappa shape index (κ3) is 5.45. The maximum Gasteiger partial charge on any atom is 0.573 e. The monoisotopic (exact) mass is 365 g/mol. The van der Waals surface area contributed by atoms with Gasteiger partial charge < -0.3 is 9.47 Å². The van der Waals surface area contributed by atoms with Crippen molar-refractivity contribution in [2.75, 3.05) is 6.61 Å². The first-order valence-electron chi connectivity index (χ1n) is 6.04. The number of alkyl halides is 7. The first-order valence-corrected chi connectivity index (χ1v) is 6.58. The summed E-state index contributed by atoms with van der Waals surface area (Å²) in [5.74, 6) is -2.80. The highest BCUT2D eigenvalue weighted by Gasteiger charge is 2.39. The predicted octanol–water partition coefficient (Wildman–Crippen LogP) is 3.84. The van der Waals surface area contributed by atoms with E-state index in [1.54, 1.807) is 0 Å². The lowest BCUT2D eigenvalue weighted by molar-refractivity contribution is -0.275. The number of carbonyl (C=O) groups excluding carboxylic acids is 1. The SMILES string of the molecule is CCOC(=O)Cc1c(C(F)(F)F)ncc(OC(F)(F)F)c1CCl. The number of carbonyl (C=O) groups is 1. The van der Waals surface area contributed by atoms with Crippen molar-refractivity contribution in [2.45, 2.75) is 31.8 Å². The topological polar surface area (TPSA) is 48.4 Å². The van der Waals surface area contributed by atoms with Crippen LogP contribution >= 0.6 is 11.6 Å². The van der Waals surface area contributed by atoms with Gasteiger partial charge in [0.1, 0.15) is 5.69 Å². The number of aromatic nitrogens is 1. The van der Waals surface area contributed by atoms with Gasteiger partial charge in [-0.15, -0.1) is 24.8 Å². The third-order valence-electron chi connectivity index (χ3n) is 2.51. The second-order valence-corrected chi connectivity index (χ2v) is 4.36. The van der Waals surface area contributed by atoms with E-state index in [9.17, 15) is 31.1 Å². The lowest BCUT2D eigenvalue weighted by Crippen LogP contribution is -2.22. The van der Waals surface area contributed by atoms with Gasteiger partial charge in [0.2, 0.25) is 0 Å². The molecule has 0 aliphatic heterocycles. The van der Waals surface area contributed by atoms with Crippen LogP contribution < -0.4 is 4.74 Å². The van der Waals surface area contributed by atoms with E-state index < -0.39 is 53.4 Å². The van der Waals surface area contributed by atoms with Crippen molar-refractivity contribution in [1.82, 2.24) is 4.98 Å². The molecule has 4 nitrogen and oxygen atoms in total. The van der Waals surface area contributed by atoms with Crippen molar-refractivity contribution in [1.29, 1.82) is 0 Å². The summed E-state index contributed by atoms with van der Waals surface area (Å²) in [6.07, 6.45) is -10.8. The summed E-state index contributed by atoms with van der Waals surface area (Å²) in [4.78, 5) is 14.4. The molecule has 0 amide bonds. The molecule has 0 radical (unpaired) electrons. The van der Waals surface area contributed by atoms with Crippen LogP contribution in [0.15, 0.2) is 6.20 Å². The summed E-state index contributed by atoms with van der Waals surface area (Å²) >= 11 is 5.45. The molecular formula is C12H10ClF6NO3. The fourth-order valence-corrected chi connectivity index (χ4v) is 2.01. The fourth-order valence-electron chi connectivity index (χ4n) is 1.72. The van der Waals surface area contributed by atoms with E-state index in [0.717, 1.165) is 0 Å². The summed E-state index contributed by atoms with van der Waals surface area (Å²) in [6, 6.07) is 0. The van der Waals surface area contributed by atoms with Crippen LogP contribution in [0.3, 0.4) is 0 Å². The van der Waals surface area contributed by atoms with Crippen LogP contribution in [0.1, 0.15) is 23.7 Å².